The van der Waals surface area contributed by atoms with Crippen LogP contribution >= 0.6 is 0 Å². The predicted octanol–water partition coefficient (Wildman–Crippen LogP) is 1.18. The third kappa shape index (κ3) is 6.20. The van der Waals surface area contributed by atoms with Gasteiger partial charge in [0.1, 0.15) is 6.61 Å². The Kier molecular flexibility index (Phi) is 6.43. The second kappa shape index (κ2) is 7.02. The van der Waals surface area contributed by atoms with Crippen molar-refractivity contribution in [2.45, 2.75) is 26.6 Å². The molecule has 16 heavy (non-hydrogen) atoms. The summed E-state index contributed by atoms with van der Waals surface area (Å²) in [6.07, 6.45) is -2.53. The van der Waals surface area contributed by atoms with Gasteiger partial charge in [0.2, 0.25) is 0 Å². The quantitative estimate of drug-likeness (QED) is 0.671. The van der Waals surface area contributed by atoms with Crippen molar-refractivity contribution in [3.05, 3.63) is 0 Å². The fourth-order valence-corrected chi connectivity index (χ4v) is 1.06. The minimum Gasteiger partial charge on any atom is -0.465 e. The van der Waals surface area contributed by atoms with E-state index < -0.39 is 18.0 Å². The molecule has 0 unspecified atom stereocenters. The molecule has 0 aromatic heterocycles. The van der Waals surface area contributed by atoms with Gasteiger partial charge in [-0.2, -0.15) is 0 Å². The minimum absolute atomic E-state index is 0.187. The monoisotopic (exact) mass is 235 g/mol. The molecule has 7 nitrogen and oxygen atoms in total. The normalized spacial score (nSPS) is 10.9. The Hall–Kier alpha value is -1.34. The summed E-state index contributed by atoms with van der Waals surface area (Å²) in [4.78, 5) is 21.0. The van der Waals surface area contributed by atoms with Gasteiger partial charge < -0.3 is 19.3 Å². The van der Waals surface area contributed by atoms with Crippen LogP contribution < -0.4 is 5.32 Å². The van der Waals surface area contributed by atoms with Crippen molar-refractivity contribution in [3.63, 3.8) is 0 Å². The lowest BCUT2D eigenvalue weighted by Crippen LogP contribution is -2.41. The van der Waals surface area contributed by atoms with Gasteiger partial charge in [0.05, 0.1) is 0 Å². The Labute approximate surface area is 93.7 Å². The number of nitrogens with one attached hydrogen (secondary N) is 1. The molecular weight excluding hydrogens is 218 g/mol. The summed E-state index contributed by atoms with van der Waals surface area (Å²) >= 11 is 0. The topological polar surface area (TPSA) is 94.1 Å². The van der Waals surface area contributed by atoms with Gasteiger partial charge in [-0.1, -0.05) is 0 Å². The molecule has 0 aliphatic rings. The van der Waals surface area contributed by atoms with E-state index in [1.54, 1.807) is 26.1 Å². The van der Waals surface area contributed by atoms with Crippen LogP contribution in [0.2, 0.25) is 0 Å². The third-order valence-corrected chi connectivity index (χ3v) is 1.57. The number of hydrogen-bond acceptors (Lipinski definition) is 5. The maximum atomic E-state index is 10.9. The maximum Gasteiger partial charge on any atom is 0.416 e. The van der Waals surface area contributed by atoms with E-state index in [1.807, 2.05) is 0 Å². The molecule has 7 heteroatoms. The van der Waals surface area contributed by atoms with Crippen LogP contribution in [-0.2, 0) is 14.2 Å². The summed E-state index contributed by atoms with van der Waals surface area (Å²) in [6, 6.07) is 0. The first kappa shape index (κ1) is 14.7. The highest BCUT2D eigenvalue weighted by Gasteiger charge is 2.27. The number of carbonyl (C=O) groups is 2. The Morgan fingerprint density at radius 2 is 1.75 bits per heavy atom. The van der Waals surface area contributed by atoms with Crippen LogP contribution in [-0.4, -0.2) is 42.9 Å². The largest absolute Gasteiger partial charge is 0.465 e. The average molecular weight is 235 g/mol. The van der Waals surface area contributed by atoms with Crippen molar-refractivity contribution in [1.82, 2.24) is 5.32 Å². The Morgan fingerprint density at radius 3 is 2.12 bits per heavy atom. The van der Waals surface area contributed by atoms with Crippen molar-refractivity contribution in [1.29, 1.82) is 0 Å². The summed E-state index contributed by atoms with van der Waals surface area (Å²) < 4.78 is 15.1. The molecule has 0 bridgehead atoms. The zero-order chi connectivity index (χ0) is 12.6. The van der Waals surface area contributed by atoms with E-state index in [-0.39, 0.29) is 6.61 Å². The van der Waals surface area contributed by atoms with E-state index in [0.717, 1.165) is 0 Å². The van der Waals surface area contributed by atoms with E-state index >= 15 is 0 Å². The van der Waals surface area contributed by atoms with Crippen LogP contribution in [0, 0.1) is 0 Å². The predicted molar refractivity (Wildman–Crippen MR) is 54.2 cm³/mol. The van der Waals surface area contributed by atoms with E-state index in [2.05, 4.69) is 4.74 Å². The number of carboxylic acid groups (broad SMARTS) is 1. The lowest BCUT2D eigenvalue weighted by molar-refractivity contribution is -0.238. The van der Waals surface area contributed by atoms with Gasteiger partial charge in [-0.3, -0.25) is 0 Å². The summed E-state index contributed by atoms with van der Waals surface area (Å²) in [7, 11) is 0. The molecule has 0 spiro atoms. The van der Waals surface area contributed by atoms with Gasteiger partial charge in [-0.05, 0) is 20.8 Å². The van der Waals surface area contributed by atoms with Gasteiger partial charge in [0.15, 0.2) is 5.79 Å². The first-order valence-corrected chi connectivity index (χ1v) is 4.88. The summed E-state index contributed by atoms with van der Waals surface area (Å²) in [5.41, 5.74) is 0. The molecule has 0 aliphatic carbocycles. The fraction of sp³-hybridized carbons (Fsp3) is 0.778. The zero-order valence-corrected chi connectivity index (χ0v) is 9.61. The van der Waals surface area contributed by atoms with Gasteiger partial charge in [0.25, 0.3) is 0 Å². The van der Waals surface area contributed by atoms with Crippen molar-refractivity contribution >= 4 is 12.2 Å². The number of rotatable bonds is 6. The standard InChI is InChI=1S/C9H17NO6/c1-4-15-9(3,16-5-2)6-14-8(13)10-7(11)12/h4-6H2,1-3H3,(H,10,13)(H,11,12). The number of ether oxygens (including phenoxy) is 3. The van der Waals surface area contributed by atoms with E-state index in [4.69, 9.17) is 14.6 Å². The van der Waals surface area contributed by atoms with E-state index in [9.17, 15) is 9.59 Å². The van der Waals surface area contributed by atoms with Gasteiger partial charge in [-0.15, -0.1) is 0 Å². The van der Waals surface area contributed by atoms with Gasteiger partial charge in [0, 0.05) is 13.2 Å². The SMILES string of the molecule is CCOC(C)(COC(=O)NC(=O)O)OCC. The van der Waals surface area contributed by atoms with Gasteiger partial charge >= 0.3 is 12.2 Å². The fourth-order valence-electron chi connectivity index (χ4n) is 1.06. The van der Waals surface area contributed by atoms with Crippen molar-refractivity contribution in [2.24, 2.45) is 0 Å². The number of amides is 2. The molecule has 0 saturated heterocycles. The summed E-state index contributed by atoms with van der Waals surface area (Å²) in [6.45, 7) is 5.74. The smallest absolute Gasteiger partial charge is 0.416 e. The number of carbonyl (C=O) groups excluding carboxylic acids is 1. The molecule has 0 fully saturated rings. The molecule has 0 rings (SSSR count). The second-order valence-electron chi connectivity index (χ2n) is 3.01. The van der Waals surface area contributed by atoms with Crippen LogP contribution in [0.15, 0.2) is 0 Å². The molecule has 0 aromatic carbocycles. The first-order valence-electron chi connectivity index (χ1n) is 4.88. The van der Waals surface area contributed by atoms with E-state index in [1.165, 1.54) is 0 Å². The first-order chi connectivity index (χ1) is 7.43. The summed E-state index contributed by atoms with van der Waals surface area (Å²) in [5.74, 6) is -1.06. The molecule has 0 heterocycles. The average Bonchev–Trinajstić information content (AvgIpc) is 2.15. The van der Waals surface area contributed by atoms with Crippen molar-refractivity contribution < 1.29 is 28.9 Å². The lowest BCUT2D eigenvalue weighted by atomic mass is 10.3. The van der Waals surface area contributed by atoms with Crippen molar-refractivity contribution in [3.8, 4) is 0 Å². The number of hydrogen-bond donors (Lipinski definition) is 2. The molecule has 2 N–H and O–H groups in total. The van der Waals surface area contributed by atoms with Crippen LogP contribution in [0.4, 0.5) is 9.59 Å². The van der Waals surface area contributed by atoms with E-state index in [0.29, 0.717) is 13.2 Å². The molecular formula is C9H17NO6. The highest BCUT2D eigenvalue weighted by molar-refractivity contribution is 5.86. The molecule has 0 atom stereocenters. The maximum absolute atomic E-state index is 10.9. The summed E-state index contributed by atoms with van der Waals surface area (Å²) in [5, 5.41) is 9.79. The third-order valence-electron chi connectivity index (χ3n) is 1.57. The minimum atomic E-state index is -1.47. The number of imide groups is 1. The molecule has 0 saturated carbocycles. The Morgan fingerprint density at radius 1 is 1.25 bits per heavy atom. The molecule has 0 aromatic rings. The Bertz CT molecular complexity index is 236. The van der Waals surface area contributed by atoms with Crippen LogP contribution in [0.1, 0.15) is 20.8 Å². The van der Waals surface area contributed by atoms with Gasteiger partial charge in [-0.25, -0.2) is 14.9 Å². The molecule has 0 radical (unpaired) electrons. The van der Waals surface area contributed by atoms with Crippen LogP contribution in [0.5, 0.6) is 0 Å². The van der Waals surface area contributed by atoms with Crippen LogP contribution in [0.25, 0.3) is 0 Å². The highest BCUT2D eigenvalue weighted by atomic mass is 16.7. The molecule has 0 aliphatic heterocycles. The lowest BCUT2D eigenvalue weighted by Gasteiger charge is -2.28. The Balaban J connectivity index is 4.10. The zero-order valence-electron chi connectivity index (χ0n) is 9.61. The molecule has 94 valence electrons. The van der Waals surface area contributed by atoms with Crippen molar-refractivity contribution in [2.75, 3.05) is 19.8 Å². The highest BCUT2D eigenvalue weighted by Crippen LogP contribution is 2.12. The number of alkyl carbamates (subject to hydrolysis) is 1. The molecule has 2 amide bonds. The van der Waals surface area contributed by atoms with Crippen LogP contribution in [0.3, 0.4) is 0 Å². The second-order valence-corrected chi connectivity index (χ2v) is 3.01.